The molecule has 1 aliphatic carbocycles. The Morgan fingerprint density at radius 2 is 2.00 bits per heavy atom. The van der Waals surface area contributed by atoms with E-state index >= 15 is 0 Å². The minimum absolute atomic E-state index is 0.201. The lowest BCUT2D eigenvalue weighted by molar-refractivity contribution is 0.361. The van der Waals surface area contributed by atoms with Gasteiger partial charge >= 0.3 is 0 Å². The van der Waals surface area contributed by atoms with E-state index in [0.717, 1.165) is 0 Å². The topological polar surface area (TPSA) is 26.0 Å². The molecule has 0 aliphatic heterocycles. The maximum Gasteiger partial charge on any atom is 0.0180 e. The highest BCUT2D eigenvalue weighted by Gasteiger charge is 2.47. The molecule has 0 aromatic heterocycles. The first-order valence-electron chi connectivity index (χ1n) is 3.10. The summed E-state index contributed by atoms with van der Waals surface area (Å²) in [6.45, 7) is 8.08. The molecule has 1 atom stereocenters. The molecule has 0 amide bonds. The van der Waals surface area contributed by atoms with Crippen molar-refractivity contribution in [2.24, 2.45) is 11.1 Å². The molecule has 8 heavy (non-hydrogen) atoms. The summed E-state index contributed by atoms with van der Waals surface area (Å²) in [4.78, 5) is 0. The van der Waals surface area contributed by atoms with Crippen LogP contribution in [0.3, 0.4) is 0 Å². The van der Waals surface area contributed by atoms with Crippen LogP contribution in [0.5, 0.6) is 0 Å². The van der Waals surface area contributed by atoms with Crippen LogP contribution in [0.15, 0.2) is 0 Å². The smallest absolute Gasteiger partial charge is 0.0180 e. The zero-order valence-corrected chi connectivity index (χ0v) is 5.70. The molecule has 1 radical (unpaired) electrons. The molecule has 47 valence electrons. The van der Waals surface area contributed by atoms with E-state index in [1.807, 2.05) is 6.92 Å². The highest BCUT2D eigenvalue weighted by Crippen LogP contribution is 2.51. The van der Waals surface area contributed by atoms with Crippen molar-refractivity contribution in [2.45, 2.75) is 32.2 Å². The van der Waals surface area contributed by atoms with E-state index < -0.39 is 0 Å². The van der Waals surface area contributed by atoms with Crippen LogP contribution in [-0.4, -0.2) is 5.54 Å². The zero-order valence-electron chi connectivity index (χ0n) is 5.70. The summed E-state index contributed by atoms with van der Waals surface area (Å²) >= 11 is 0. The van der Waals surface area contributed by atoms with Crippen LogP contribution in [0.1, 0.15) is 26.7 Å². The van der Waals surface area contributed by atoms with Gasteiger partial charge in [0.05, 0.1) is 0 Å². The lowest BCUT2D eigenvalue weighted by atomic mass is 9.87. The largest absolute Gasteiger partial charge is 0.325 e. The summed E-state index contributed by atoms with van der Waals surface area (Å²) in [5.41, 5.74) is 5.92. The van der Waals surface area contributed by atoms with Gasteiger partial charge in [0, 0.05) is 5.54 Å². The highest BCUT2D eigenvalue weighted by atomic mass is 14.8. The molecule has 0 bridgehead atoms. The summed E-state index contributed by atoms with van der Waals surface area (Å²) in [6, 6.07) is 0. The molecule has 1 rings (SSSR count). The average Bonchev–Trinajstić information content (AvgIpc) is 2.16. The number of hydrogen-bond acceptors (Lipinski definition) is 1. The Balaban J connectivity index is 2.58. The fourth-order valence-electron chi connectivity index (χ4n) is 0.759. The van der Waals surface area contributed by atoms with Crippen molar-refractivity contribution < 1.29 is 0 Å². The molecular formula is C7H14N. The number of rotatable bonds is 1. The van der Waals surface area contributed by atoms with Crippen LogP contribution in [-0.2, 0) is 0 Å². The van der Waals surface area contributed by atoms with Gasteiger partial charge in [-0.1, -0.05) is 6.92 Å². The van der Waals surface area contributed by atoms with Crippen LogP contribution in [0, 0.1) is 12.3 Å². The van der Waals surface area contributed by atoms with Crippen molar-refractivity contribution in [1.29, 1.82) is 0 Å². The van der Waals surface area contributed by atoms with E-state index in [0.29, 0.717) is 5.41 Å². The Kier molecular flexibility index (Phi) is 0.965. The lowest BCUT2D eigenvalue weighted by Gasteiger charge is -2.26. The molecule has 0 aromatic rings. The van der Waals surface area contributed by atoms with Crippen LogP contribution in [0.4, 0.5) is 0 Å². The average molecular weight is 112 g/mol. The van der Waals surface area contributed by atoms with Gasteiger partial charge in [0.1, 0.15) is 0 Å². The SMILES string of the molecule is [CH2]C(C)(N)C1(C)CC1. The van der Waals surface area contributed by atoms with Crippen LogP contribution in [0.2, 0.25) is 0 Å². The molecule has 2 N–H and O–H groups in total. The molecule has 1 saturated carbocycles. The third kappa shape index (κ3) is 0.752. The second-order valence-corrected chi connectivity index (χ2v) is 3.48. The minimum atomic E-state index is -0.201. The highest BCUT2D eigenvalue weighted by molar-refractivity contribution is 5.07. The van der Waals surface area contributed by atoms with E-state index in [-0.39, 0.29) is 5.54 Å². The first-order chi connectivity index (χ1) is 3.46. The lowest BCUT2D eigenvalue weighted by Crippen LogP contribution is -2.41. The van der Waals surface area contributed by atoms with Gasteiger partial charge in [0.15, 0.2) is 0 Å². The zero-order chi connectivity index (χ0) is 6.41. The molecule has 1 heteroatoms. The first kappa shape index (κ1) is 6.09. The van der Waals surface area contributed by atoms with Gasteiger partial charge in [-0.25, -0.2) is 0 Å². The second kappa shape index (κ2) is 1.27. The van der Waals surface area contributed by atoms with Crippen molar-refractivity contribution in [3.05, 3.63) is 6.92 Å². The predicted molar refractivity (Wildman–Crippen MR) is 35.3 cm³/mol. The van der Waals surface area contributed by atoms with Gasteiger partial charge in [-0.3, -0.25) is 0 Å². The molecule has 0 heterocycles. The van der Waals surface area contributed by atoms with E-state index in [4.69, 9.17) is 5.73 Å². The number of nitrogens with two attached hydrogens (primary N) is 1. The first-order valence-corrected chi connectivity index (χ1v) is 3.10. The quantitative estimate of drug-likeness (QED) is 0.544. The normalized spacial score (nSPS) is 25.5. The molecule has 0 saturated heterocycles. The minimum Gasteiger partial charge on any atom is -0.325 e. The van der Waals surface area contributed by atoms with E-state index in [9.17, 15) is 0 Å². The summed E-state index contributed by atoms with van der Waals surface area (Å²) in [5, 5.41) is 0. The van der Waals surface area contributed by atoms with Gasteiger partial charge in [0.25, 0.3) is 0 Å². The van der Waals surface area contributed by atoms with Gasteiger partial charge in [-0.2, -0.15) is 0 Å². The standard InChI is InChI=1S/C7H14N/c1-6(2,8)7(3)4-5-7/h1,4-5,8H2,2-3H3. The predicted octanol–water partition coefficient (Wildman–Crippen LogP) is 1.34. The Labute approximate surface area is 51.3 Å². The number of hydrogen-bond donors (Lipinski definition) is 1. The van der Waals surface area contributed by atoms with E-state index in [2.05, 4.69) is 13.8 Å². The molecule has 0 aromatic carbocycles. The van der Waals surface area contributed by atoms with Crippen molar-refractivity contribution in [1.82, 2.24) is 0 Å². The molecule has 1 unspecified atom stereocenters. The maximum absolute atomic E-state index is 5.76. The van der Waals surface area contributed by atoms with Crippen molar-refractivity contribution in [3.8, 4) is 0 Å². The third-order valence-electron chi connectivity index (χ3n) is 2.38. The van der Waals surface area contributed by atoms with Gasteiger partial charge in [-0.15, -0.1) is 0 Å². The van der Waals surface area contributed by atoms with E-state index in [1.165, 1.54) is 12.8 Å². The molecule has 1 nitrogen and oxygen atoms in total. The van der Waals surface area contributed by atoms with Gasteiger partial charge in [0.2, 0.25) is 0 Å². The monoisotopic (exact) mass is 112 g/mol. The molecular weight excluding hydrogens is 98.1 g/mol. The van der Waals surface area contributed by atoms with E-state index in [1.54, 1.807) is 0 Å². The Morgan fingerprint density at radius 3 is 2.00 bits per heavy atom. The summed E-state index contributed by atoms with van der Waals surface area (Å²) in [6.07, 6.45) is 2.51. The van der Waals surface area contributed by atoms with Crippen molar-refractivity contribution in [2.75, 3.05) is 0 Å². The van der Waals surface area contributed by atoms with Crippen molar-refractivity contribution >= 4 is 0 Å². The summed E-state index contributed by atoms with van der Waals surface area (Å²) in [7, 11) is 0. The Hall–Kier alpha value is -0.0400. The van der Waals surface area contributed by atoms with Gasteiger partial charge < -0.3 is 5.73 Å². The molecule has 1 fully saturated rings. The third-order valence-corrected chi connectivity index (χ3v) is 2.38. The molecule has 1 aliphatic rings. The van der Waals surface area contributed by atoms with Crippen LogP contribution < -0.4 is 5.73 Å². The fourth-order valence-corrected chi connectivity index (χ4v) is 0.759. The van der Waals surface area contributed by atoms with Crippen molar-refractivity contribution in [3.63, 3.8) is 0 Å². The van der Waals surface area contributed by atoms with Crippen LogP contribution in [0.25, 0.3) is 0 Å². The van der Waals surface area contributed by atoms with Gasteiger partial charge in [-0.05, 0) is 32.1 Å². The Bertz CT molecular complexity index is 92.2. The van der Waals surface area contributed by atoms with Crippen LogP contribution >= 0.6 is 0 Å². The summed E-state index contributed by atoms with van der Waals surface area (Å²) < 4.78 is 0. The maximum atomic E-state index is 5.76. The Morgan fingerprint density at radius 1 is 1.62 bits per heavy atom. The molecule has 0 spiro atoms. The fraction of sp³-hybridized carbons (Fsp3) is 0.857. The summed E-state index contributed by atoms with van der Waals surface area (Å²) in [5.74, 6) is 0. The second-order valence-electron chi connectivity index (χ2n) is 3.48.